The van der Waals surface area contributed by atoms with E-state index >= 15 is 0 Å². The molecule has 0 bridgehead atoms. The Hall–Kier alpha value is -2.75. The molecule has 0 atom stereocenters. The standard InChI is InChI=1S/C22H26N2O2/c1-3-16-26-21-10-6-19(7-11-21)23-22(25)18-12-14-24(15-13-18)20-8-4-17(2)5-9-20/h3-11,18H,1,12-16H2,2H3,(H,23,25). The molecule has 1 aliphatic heterocycles. The number of ether oxygens (including phenoxy) is 1. The number of amides is 1. The van der Waals surface area contributed by atoms with Crippen molar-refractivity contribution in [3.63, 3.8) is 0 Å². The van der Waals surface area contributed by atoms with Crippen molar-refractivity contribution >= 4 is 17.3 Å². The van der Waals surface area contributed by atoms with Gasteiger partial charge in [0.05, 0.1) is 0 Å². The van der Waals surface area contributed by atoms with Crippen LogP contribution in [0.4, 0.5) is 11.4 Å². The molecular formula is C22H26N2O2. The summed E-state index contributed by atoms with van der Waals surface area (Å²) in [6, 6.07) is 16.1. The normalized spacial score (nSPS) is 14.7. The highest BCUT2D eigenvalue weighted by Crippen LogP contribution is 2.25. The Labute approximate surface area is 155 Å². The van der Waals surface area contributed by atoms with Gasteiger partial charge in [0.1, 0.15) is 12.4 Å². The lowest BCUT2D eigenvalue weighted by atomic mass is 9.95. The van der Waals surface area contributed by atoms with E-state index in [1.54, 1.807) is 6.08 Å². The fraction of sp³-hybridized carbons (Fsp3) is 0.318. The molecule has 0 unspecified atom stereocenters. The van der Waals surface area contributed by atoms with Gasteiger partial charge >= 0.3 is 0 Å². The van der Waals surface area contributed by atoms with Crippen LogP contribution >= 0.6 is 0 Å². The largest absolute Gasteiger partial charge is 0.490 e. The zero-order valence-corrected chi connectivity index (χ0v) is 15.3. The van der Waals surface area contributed by atoms with Gasteiger partial charge in [-0.05, 0) is 56.2 Å². The number of hydrogen-bond acceptors (Lipinski definition) is 3. The summed E-state index contributed by atoms with van der Waals surface area (Å²) in [5.41, 5.74) is 3.32. The van der Waals surface area contributed by atoms with Crippen LogP contribution in [0.3, 0.4) is 0 Å². The van der Waals surface area contributed by atoms with Gasteiger partial charge in [0.25, 0.3) is 0 Å². The van der Waals surface area contributed by atoms with Gasteiger partial charge < -0.3 is 15.0 Å². The molecule has 1 N–H and O–H groups in total. The molecule has 26 heavy (non-hydrogen) atoms. The minimum absolute atomic E-state index is 0.0633. The third-order valence-electron chi connectivity index (χ3n) is 4.75. The quantitative estimate of drug-likeness (QED) is 0.785. The van der Waals surface area contributed by atoms with Crippen LogP contribution in [0, 0.1) is 12.8 Å². The molecule has 1 fully saturated rings. The summed E-state index contributed by atoms with van der Waals surface area (Å²) in [5, 5.41) is 3.02. The number of nitrogens with zero attached hydrogens (tertiary/aromatic N) is 1. The molecular weight excluding hydrogens is 324 g/mol. The number of hydrogen-bond donors (Lipinski definition) is 1. The van der Waals surface area contributed by atoms with Gasteiger partial charge in [0.2, 0.25) is 5.91 Å². The van der Waals surface area contributed by atoms with Crippen LogP contribution < -0.4 is 15.0 Å². The van der Waals surface area contributed by atoms with Crippen molar-refractivity contribution in [3.05, 3.63) is 66.7 Å². The van der Waals surface area contributed by atoms with E-state index in [1.807, 2.05) is 24.3 Å². The molecule has 0 spiro atoms. The van der Waals surface area contributed by atoms with Crippen molar-refractivity contribution < 1.29 is 9.53 Å². The van der Waals surface area contributed by atoms with Gasteiger partial charge in [-0.15, -0.1) is 0 Å². The van der Waals surface area contributed by atoms with E-state index in [0.717, 1.165) is 37.4 Å². The van der Waals surface area contributed by atoms with E-state index in [-0.39, 0.29) is 11.8 Å². The van der Waals surface area contributed by atoms with Crippen LogP contribution in [0.5, 0.6) is 5.75 Å². The van der Waals surface area contributed by atoms with Gasteiger partial charge in [-0.25, -0.2) is 0 Å². The van der Waals surface area contributed by atoms with Crippen molar-refractivity contribution in [1.29, 1.82) is 0 Å². The predicted molar refractivity (Wildman–Crippen MR) is 107 cm³/mol. The minimum atomic E-state index is 0.0633. The molecule has 1 aliphatic rings. The number of piperidine rings is 1. The van der Waals surface area contributed by atoms with Crippen LogP contribution in [-0.2, 0) is 4.79 Å². The number of carbonyl (C=O) groups excluding carboxylic acids is 1. The first-order valence-electron chi connectivity index (χ1n) is 9.12. The molecule has 0 aliphatic carbocycles. The first-order valence-corrected chi connectivity index (χ1v) is 9.12. The highest BCUT2D eigenvalue weighted by atomic mass is 16.5. The fourth-order valence-corrected chi connectivity index (χ4v) is 3.19. The van der Waals surface area contributed by atoms with E-state index < -0.39 is 0 Å². The van der Waals surface area contributed by atoms with Crippen LogP contribution in [-0.4, -0.2) is 25.6 Å². The molecule has 2 aromatic rings. The van der Waals surface area contributed by atoms with Crippen LogP contribution in [0.25, 0.3) is 0 Å². The Morgan fingerprint density at radius 1 is 1.15 bits per heavy atom. The molecule has 0 aromatic heterocycles. The number of aryl methyl sites for hydroxylation is 1. The van der Waals surface area contributed by atoms with Crippen LogP contribution in [0.1, 0.15) is 18.4 Å². The molecule has 3 rings (SSSR count). The van der Waals surface area contributed by atoms with Gasteiger partial charge in [0, 0.05) is 30.4 Å². The Balaban J connectivity index is 1.50. The topological polar surface area (TPSA) is 41.6 Å². The van der Waals surface area contributed by atoms with Gasteiger partial charge in [-0.2, -0.15) is 0 Å². The summed E-state index contributed by atoms with van der Waals surface area (Å²) in [7, 11) is 0. The summed E-state index contributed by atoms with van der Waals surface area (Å²) in [6.07, 6.45) is 3.46. The molecule has 4 heteroatoms. The number of anilines is 2. The van der Waals surface area contributed by atoms with E-state index in [9.17, 15) is 4.79 Å². The Bertz CT molecular complexity index is 730. The zero-order chi connectivity index (χ0) is 18.4. The SMILES string of the molecule is C=CCOc1ccc(NC(=O)C2CCN(c3ccc(C)cc3)CC2)cc1. The summed E-state index contributed by atoms with van der Waals surface area (Å²) >= 11 is 0. The Kier molecular flexibility index (Phi) is 5.95. The maximum Gasteiger partial charge on any atom is 0.227 e. The number of benzene rings is 2. The van der Waals surface area contributed by atoms with Crippen molar-refractivity contribution in [2.75, 3.05) is 29.9 Å². The summed E-state index contributed by atoms with van der Waals surface area (Å²) in [4.78, 5) is 14.9. The molecule has 136 valence electrons. The molecule has 2 aromatic carbocycles. The van der Waals surface area contributed by atoms with Crippen molar-refractivity contribution in [2.24, 2.45) is 5.92 Å². The highest BCUT2D eigenvalue weighted by Gasteiger charge is 2.25. The molecule has 1 saturated heterocycles. The lowest BCUT2D eigenvalue weighted by molar-refractivity contribution is -0.120. The third-order valence-corrected chi connectivity index (χ3v) is 4.75. The fourth-order valence-electron chi connectivity index (χ4n) is 3.19. The lowest BCUT2D eigenvalue weighted by Crippen LogP contribution is -2.38. The van der Waals surface area contributed by atoms with Crippen LogP contribution in [0.2, 0.25) is 0 Å². The first-order chi connectivity index (χ1) is 12.7. The van der Waals surface area contributed by atoms with Gasteiger partial charge in [-0.1, -0.05) is 30.4 Å². The number of rotatable bonds is 6. The van der Waals surface area contributed by atoms with Crippen molar-refractivity contribution in [3.8, 4) is 5.75 Å². The number of carbonyl (C=O) groups is 1. The first kappa shape index (κ1) is 18.1. The van der Waals surface area contributed by atoms with Crippen LogP contribution in [0.15, 0.2) is 61.2 Å². The maximum absolute atomic E-state index is 12.5. The average molecular weight is 350 g/mol. The van der Waals surface area contributed by atoms with E-state index in [0.29, 0.717) is 6.61 Å². The van der Waals surface area contributed by atoms with E-state index in [1.165, 1.54) is 11.3 Å². The molecule has 0 saturated carbocycles. The Morgan fingerprint density at radius 2 is 1.81 bits per heavy atom. The molecule has 0 radical (unpaired) electrons. The summed E-state index contributed by atoms with van der Waals surface area (Å²) in [5.74, 6) is 0.941. The second kappa shape index (κ2) is 8.56. The highest BCUT2D eigenvalue weighted by molar-refractivity contribution is 5.92. The molecule has 1 amide bonds. The Morgan fingerprint density at radius 3 is 2.42 bits per heavy atom. The van der Waals surface area contributed by atoms with Gasteiger partial charge in [-0.3, -0.25) is 4.79 Å². The van der Waals surface area contributed by atoms with Crippen molar-refractivity contribution in [2.45, 2.75) is 19.8 Å². The lowest BCUT2D eigenvalue weighted by Gasteiger charge is -2.33. The van der Waals surface area contributed by atoms with E-state index in [2.05, 4.69) is 48.0 Å². The van der Waals surface area contributed by atoms with Gasteiger partial charge in [0.15, 0.2) is 0 Å². The second-order valence-electron chi connectivity index (χ2n) is 6.71. The molecule has 1 heterocycles. The maximum atomic E-state index is 12.5. The number of nitrogens with one attached hydrogen (secondary N) is 1. The third kappa shape index (κ3) is 4.66. The smallest absolute Gasteiger partial charge is 0.227 e. The predicted octanol–water partition coefficient (Wildman–Crippen LogP) is 4.41. The second-order valence-corrected chi connectivity index (χ2v) is 6.71. The summed E-state index contributed by atoms with van der Waals surface area (Å²) in [6.45, 7) is 8.02. The summed E-state index contributed by atoms with van der Waals surface area (Å²) < 4.78 is 5.46. The van der Waals surface area contributed by atoms with Crippen molar-refractivity contribution in [1.82, 2.24) is 0 Å². The van der Waals surface area contributed by atoms with E-state index in [4.69, 9.17) is 4.74 Å². The monoisotopic (exact) mass is 350 g/mol. The average Bonchev–Trinajstić information content (AvgIpc) is 2.68. The molecule has 4 nitrogen and oxygen atoms in total. The zero-order valence-electron chi connectivity index (χ0n) is 15.3. The minimum Gasteiger partial charge on any atom is -0.490 e.